The van der Waals surface area contributed by atoms with Gasteiger partial charge in [0.05, 0.1) is 21.9 Å². The molecule has 2 aromatic carbocycles. The molecule has 0 spiro atoms. The molecular weight excluding hydrogens is 416 g/mol. The summed E-state index contributed by atoms with van der Waals surface area (Å²) in [7, 11) is 0. The second-order valence-electron chi connectivity index (χ2n) is 7.28. The molecule has 31 heavy (non-hydrogen) atoms. The van der Waals surface area contributed by atoms with Crippen LogP contribution in [0.3, 0.4) is 0 Å². The van der Waals surface area contributed by atoms with E-state index in [1.807, 2.05) is 48.2 Å². The first-order chi connectivity index (χ1) is 15.0. The molecule has 4 rings (SSSR count). The van der Waals surface area contributed by atoms with Gasteiger partial charge in [0.1, 0.15) is 5.76 Å². The number of hydrogen-bond donors (Lipinski definition) is 0. The lowest BCUT2D eigenvalue weighted by Crippen LogP contribution is -2.48. The fraction of sp³-hybridized carbons (Fsp3) is 0.273. The van der Waals surface area contributed by atoms with Crippen molar-refractivity contribution in [1.82, 2.24) is 10.1 Å². The molecule has 9 heteroatoms. The van der Waals surface area contributed by atoms with E-state index in [0.29, 0.717) is 37.5 Å². The van der Waals surface area contributed by atoms with Crippen molar-refractivity contribution < 1.29 is 14.2 Å². The third-order valence-corrected chi connectivity index (χ3v) is 6.23. The standard InChI is InChI=1S/C22H22N4O4S/c1-16-13-19(30-23-16)15-31-21-8-3-2-7-20(21)22(27)25-11-9-24(10-12-25)17-5-4-6-18(14-17)26(28)29/h2-8,13-14H,9-12,15H2,1H3. The third kappa shape index (κ3) is 4.88. The highest BCUT2D eigenvalue weighted by molar-refractivity contribution is 7.98. The molecule has 0 saturated carbocycles. The first-order valence-electron chi connectivity index (χ1n) is 9.94. The Morgan fingerprint density at radius 1 is 1.13 bits per heavy atom. The number of aryl methyl sites for hydroxylation is 1. The van der Waals surface area contributed by atoms with Gasteiger partial charge in [0.2, 0.25) is 0 Å². The van der Waals surface area contributed by atoms with Crippen LogP contribution in [0, 0.1) is 17.0 Å². The topological polar surface area (TPSA) is 92.7 Å². The Morgan fingerprint density at radius 3 is 2.61 bits per heavy atom. The monoisotopic (exact) mass is 438 g/mol. The van der Waals surface area contributed by atoms with Gasteiger partial charge in [-0.2, -0.15) is 0 Å². The highest BCUT2D eigenvalue weighted by Crippen LogP contribution is 2.28. The number of hydrogen-bond acceptors (Lipinski definition) is 7. The van der Waals surface area contributed by atoms with E-state index in [1.165, 1.54) is 6.07 Å². The van der Waals surface area contributed by atoms with Crippen LogP contribution >= 0.6 is 11.8 Å². The number of piperazine rings is 1. The van der Waals surface area contributed by atoms with Gasteiger partial charge >= 0.3 is 0 Å². The SMILES string of the molecule is Cc1cc(CSc2ccccc2C(=O)N2CCN(c3cccc([N+](=O)[O-])c3)CC2)on1. The van der Waals surface area contributed by atoms with Crippen molar-refractivity contribution in [2.45, 2.75) is 17.6 Å². The Balaban J connectivity index is 1.41. The Kier molecular flexibility index (Phi) is 6.22. The summed E-state index contributed by atoms with van der Waals surface area (Å²) in [5.41, 5.74) is 2.39. The molecule has 0 aliphatic carbocycles. The van der Waals surface area contributed by atoms with Gasteiger partial charge in [-0.25, -0.2) is 0 Å². The van der Waals surface area contributed by atoms with E-state index in [0.717, 1.165) is 22.0 Å². The lowest BCUT2D eigenvalue weighted by Gasteiger charge is -2.36. The summed E-state index contributed by atoms with van der Waals surface area (Å²) in [6, 6.07) is 16.1. The minimum Gasteiger partial charge on any atom is -0.368 e. The Morgan fingerprint density at radius 2 is 1.90 bits per heavy atom. The maximum atomic E-state index is 13.2. The number of carbonyl (C=O) groups is 1. The number of nitrogens with zero attached hydrogens (tertiary/aromatic N) is 4. The van der Waals surface area contributed by atoms with Crippen molar-refractivity contribution in [2.75, 3.05) is 31.1 Å². The summed E-state index contributed by atoms with van der Waals surface area (Å²) in [4.78, 5) is 28.7. The van der Waals surface area contributed by atoms with Crippen molar-refractivity contribution >= 4 is 29.0 Å². The third-order valence-electron chi connectivity index (χ3n) is 5.14. The van der Waals surface area contributed by atoms with Gasteiger partial charge in [-0.1, -0.05) is 23.4 Å². The molecule has 0 atom stereocenters. The van der Waals surface area contributed by atoms with Gasteiger partial charge in [-0.05, 0) is 25.1 Å². The van der Waals surface area contributed by atoms with Gasteiger partial charge in [0, 0.05) is 55.0 Å². The fourth-order valence-electron chi connectivity index (χ4n) is 3.54. The number of rotatable bonds is 6. The summed E-state index contributed by atoms with van der Waals surface area (Å²) in [5.74, 6) is 1.37. The number of anilines is 1. The molecular formula is C22H22N4O4S. The summed E-state index contributed by atoms with van der Waals surface area (Å²) < 4.78 is 5.27. The number of benzene rings is 2. The quantitative estimate of drug-likeness (QED) is 0.324. The first-order valence-corrected chi connectivity index (χ1v) is 10.9. The normalized spacial score (nSPS) is 14.0. The zero-order valence-corrected chi connectivity index (χ0v) is 17.9. The number of nitro benzene ring substituents is 1. The molecule has 1 aliphatic heterocycles. The number of carbonyl (C=O) groups excluding carboxylic acids is 1. The zero-order chi connectivity index (χ0) is 21.8. The highest BCUT2D eigenvalue weighted by Gasteiger charge is 2.24. The minimum atomic E-state index is -0.391. The van der Waals surface area contributed by atoms with Crippen LogP contribution in [0.15, 0.2) is 64.0 Å². The molecule has 0 bridgehead atoms. The molecule has 1 amide bonds. The van der Waals surface area contributed by atoms with Crippen molar-refractivity contribution in [3.63, 3.8) is 0 Å². The summed E-state index contributed by atoms with van der Waals surface area (Å²) in [6.45, 7) is 4.24. The molecule has 0 unspecified atom stereocenters. The van der Waals surface area contributed by atoms with Crippen LogP contribution in [0.25, 0.3) is 0 Å². The predicted molar refractivity (Wildman–Crippen MR) is 118 cm³/mol. The second kappa shape index (κ2) is 9.22. The fourth-order valence-corrected chi connectivity index (χ4v) is 4.46. The molecule has 3 aromatic rings. The smallest absolute Gasteiger partial charge is 0.271 e. The van der Waals surface area contributed by atoms with Crippen LogP contribution in [0.1, 0.15) is 21.8 Å². The van der Waals surface area contributed by atoms with E-state index >= 15 is 0 Å². The molecule has 1 saturated heterocycles. The van der Waals surface area contributed by atoms with E-state index < -0.39 is 4.92 Å². The summed E-state index contributed by atoms with van der Waals surface area (Å²) >= 11 is 1.55. The molecule has 1 aliphatic rings. The average Bonchev–Trinajstić information content (AvgIpc) is 3.22. The van der Waals surface area contributed by atoms with E-state index in [2.05, 4.69) is 10.1 Å². The number of nitro groups is 1. The van der Waals surface area contributed by atoms with Crippen LogP contribution < -0.4 is 4.90 Å². The van der Waals surface area contributed by atoms with Crippen molar-refractivity contribution in [1.29, 1.82) is 0 Å². The van der Waals surface area contributed by atoms with Crippen molar-refractivity contribution in [2.24, 2.45) is 0 Å². The molecule has 1 aromatic heterocycles. The second-order valence-corrected chi connectivity index (χ2v) is 8.29. The largest absolute Gasteiger partial charge is 0.368 e. The van der Waals surface area contributed by atoms with E-state index in [-0.39, 0.29) is 11.6 Å². The van der Waals surface area contributed by atoms with E-state index in [4.69, 9.17) is 4.52 Å². The number of aromatic nitrogens is 1. The Labute approximate surface area is 184 Å². The Hall–Kier alpha value is -3.33. The highest BCUT2D eigenvalue weighted by atomic mass is 32.2. The summed E-state index contributed by atoms with van der Waals surface area (Å²) in [6.07, 6.45) is 0. The zero-order valence-electron chi connectivity index (χ0n) is 17.1. The number of non-ortho nitro benzene ring substituents is 1. The van der Waals surface area contributed by atoms with Crippen LogP contribution in [-0.4, -0.2) is 47.1 Å². The van der Waals surface area contributed by atoms with Gasteiger partial charge in [-0.3, -0.25) is 14.9 Å². The van der Waals surface area contributed by atoms with Gasteiger partial charge in [0.15, 0.2) is 0 Å². The van der Waals surface area contributed by atoms with Crippen LogP contribution in [0.5, 0.6) is 0 Å². The van der Waals surface area contributed by atoms with Gasteiger partial charge in [-0.15, -0.1) is 11.8 Å². The number of amides is 1. The van der Waals surface area contributed by atoms with Gasteiger partial charge in [0.25, 0.3) is 11.6 Å². The lowest BCUT2D eigenvalue weighted by molar-refractivity contribution is -0.384. The molecule has 0 N–H and O–H groups in total. The maximum absolute atomic E-state index is 13.2. The van der Waals surface area contributed by atoms with Crippen LogP contribution in [0.4, 0.5) is 11.4 Å². The minimum absolute atomic E-state index is 0.00413. The molecule has 1 fully saturated rings. The molecule has 2 heterocycles. The Bertz CT molecular complexity index is 1090. The van der Waals surface area contributed by atoms with Crippen LogP contribution in [0.2, 0.25) is 0 Å². The molecule has 160 valence electrons. The lowest BCUT2D eigenvalue weighted by atomic mass is 10.1. The number of thioether (sulfide) groups is 1. The van der Waals surface area contributed by atoms with Crippen molar-refractivity contribution in [3.05, 3.63) is 81.7 Å². The van der Waals surface area contributed by atoms with E-state index in [1.54, 1.807) is 23.9 Å². The van der Waals surface area contributed by atoms with Gasteiger partial charge < -0.3 is 14.3 Å². The van der Waals surface area contributed by atoms with Crippen LogP contribution in [-0.2, 0) is 5.75 Å². The predicted octanol–water partition coefficient (Wildman–Crippen LogP) is 4.15. The van der Waals surface area contributed by atoms with Crippen molar-refractivity contribution in [3.8, 4) is 0 Å². The van der Waals surface area contributed by atoms with E-state index in [9.17, 15) is 14.9 Å². The molecule has 0 radical (unpaired) electrons. The maximum Gasteiger partial charge on any atom is 0.271 e. The summed E-state index contributed by atoms with van der Waals surface area (Å²) in [5, 5.41) is 14.9. The molecule has 8 nitrogen and oxygen atoms in total. The first kappa shape index (κ1) is 20.9. The average molecular weight is 439 g/mol.